The molecule has 1 aliphatic heterocycles. The Bertz CT molecular complexity index is 335. The topological polar surface area (TPSA) is 29.3 Å². The van der Waals surface area contributed by atoms with Gasteiger partial charge in [-0.2, -0.15) is 11.8 Å². The summed E-state index contributed by atoms with van der Waals surface area (Å²) in [5.41, 5.74) is 5.97. The van der Waals surface area contributed by atoms with Crippen molar-refractivity contribution in [3.8, 4) is 0 Å². The zero-order valence-corrected chi connectivity index (χ0v) is 12.3. The van der Waals surface area contributed by atoms with Gasteiger partial charge in [0.1, 0.15) is 0 Å². The SMILES string of the molecule is CC1(C)CCN(C(CN)c2cccs2)CCS1. The van der Waals surface area contributed by atoms with Crippen molar-refractivity contribution in [2.45, 2.75) is 31.1 Å². The van der Waals surface area contributed by atoms with E-state index in [1.807, 2.05) is 11.3 Å². The van der Waals surface area contributed by atoms with Gasteiger partial charge in [-0.1, -0.05) is 19.9 Å². The van der Waals surface area contributed by atoms with Crippen LogP contribution in [0.5, 0.6) is 0 Å². The normalized spacial score (nSPS) is 23.2. The minimum atomic E-state index is 0.420. The van der Waals surface area contributed by atoms with E-state index in [4.69, 9.17) is 5.73 Å². The first-order valence-electron chi connectivity index (χ1n) is 6.24. The van der Waals surface area contributed by atoms with E-state index in [2.05, 4.69) is 48.0 Å². The number of thioether (sulfide) groups is 1. The highest BCUT2D eigenvalue weighted by atomic mass is 32.2. The van der Waals surface area contributed by atoms with Crippen LogP contribution in [0.25, 0.3) is 0 Å². The predicted molar refractivity (Wildman–Crippen MR) is 78.8 cm³/mol. The first kappa shape index (κ1) is 13.4. The van der Waals surface area contributed by atoms with E-state index in [-0.39, 0.29) is 0 Å². The lowest BCUT2D eigenvalue weighted by Crippen LogP contribution is -2.35. The van der Waals surface area contributed by atoms with Crippen LogP contribution < -0.4 is 5.73 Å². The summed E-state index contributed by atoms with van der Waals surface area (Å²) in [5, 5.41) is 2.15. The predicted octanol–water partition coefficient (Wildman–Crippen LogP) is 2.97. The fourth-order valence-electron chi connectivity index (χ4n) is 2.27. The van der Waals surface area contributed by atoms with Crippen molar-refractivity contribution in [2.75, 3.05) is 25.4 Å². The molecule has 96 valence electrons. The highest BCUT2D eigenvalue weighted by molar-refractivity contribution is 8.00. The van der Waals surface area contributed by atoms with Gasteiger partial charge in [0.25, 0.3) is 0 Å². The smallest absolute Gasteiger partial charge is 0.0564 e. The molecule has 1 aromatic heterocycles. The summed E-state index contributed by atoms with van der Waals surface area (Å²) in [6.45, 7) is 7.76. The Kier molecular flexibility index (Phi) is 4.53. The van der Waals surface area contributed by atoms with Gasteiger partial charge < -0.3 is 5.73 Å². The fourth-order valence-corrected chi connectivity index (χ4v) is 4.26. The van der Waals surface area contributed by atoms with Gasteiger partial charge in [-0.3, -0.25) is 4.90 Å². The molecule has 1 aliphatic rings. The van der Waals surface area contributed by atoms with Gasteiger partial charge in [0.05, 0.1) is 6.04 Å². The van der Waals surface area contributed by atoms with E-state index >= 15 is 0 Å². The number of hydrogen-bond donors (Lipinski definition) is 1. The van der Waals surface area contributed by atoms with Gasteiger partial charge in [0.15, 0.2) is 0 Å². The van der Waals surface area contributed by atoms with Crippen molar-refractivity contribution in [1.29, 1.82) is 0 Å². The average Bonchev–Trinajstić information content (AvgIpc) is 2.73. The Morgan fingerprint density at radius 1 is 1.47 bits per heavy atom. The van der Waals surface area contributed by atoms with Crippen molar-refractivity contribution >= 4 is 23.1 Å². The maximum atomic E-state index is 5.97. The summed E-state index contributed by atoms with van der Waals surface area (Å²) in [4.78, 5) is 3.98. The van der Waals surface area contributed by atoms with Crippen molar-refractivity contribution in [1.82, 2.24) is 4.90 Å². The standard InChI is InChI=1S/C13H22N2S2/c1-13(2)5-6-15(7-9-17-13)11(10-14)12-4-3-8-16-12/h3-4,8,11H,5-7,9-10,14H2,1-2H3. The third-order valence-corrected chi connectivity index (χ3v) is 5.75. The highest BCUT2D eigenvalue weighted by Gasteiger charge is 2.27. The van der Waals surface area contributed by atoms with Crippen molar-refractivity contribution in [3.05, 3.63) is 22.4 Å². The van der Waals surface area contributed by atoms with Crippen molar-refractivity contribution < 1.29 is 0 Å². The molecule has 0 amide bonds. The molecule has 2 heterocycles. The fraction of sp³-hybridized carbons (Fsp3) is 0.692. The van der Waals surface area contributed by atoms with E-state index in [9.17, 15) is 0 Å². The number of nitrogens with two attached hydrogens (primary N) is 1. The van der Waals surface area contributed by atoms with Crippen LogP contribution in [-0.4, -0.2) is 35.0 Å². The lowest BCUT2D eigenvalue weighted by Gasteiger charge is -2.29. The molecule has 2 nitrogen and oxygen atoms in total. The van der Waals surface area contributed by atoms with Gasteiger partial charge in [-0.15, -0.1) is 11.3 Å². The molecule has 2 rings (SSSR count). The minimum Gasteiger partial charge on any atom is -0.329 e. The van der Waals surface area contributed by atoms with E-state index in [0.29, 0.717) is 10.8 Å². The largest absolute Gasteiger partial charge is 0.329 e. The lowest BCUT2D eigenvalue weighted by molar-refractivity contribution is 0.213. The lowest BCUT2D eigenvalue weighted by atomic mass is 10.1. The Hall–Kier alpha value is -0.0300. The Balaban J connectivity index is 2.05. The Labute approximate surface area is 113 Å². The molecule has 1 saturated heterocycles. The van der Waals surface area contributed by atoms with Gasteiger partial charge in [0.2, 0.25) is 0 Å². The second-order valence-corrected chi connectivity index (χ2v) is 7.94. The monoisotopic (exact) mass is 270 g/mol. The molecule has 0 aromatic carbocycles. The third-order valence-electron chi connectivity index (χ3n) is 3.41. The third kappa shape index (κ3) is 3.47. The van der Waals surface area contributed by atoms with Crippen LogP contribution in [0.15, 0.2) is 17.5 Å². The number of nitrogens with zero attached hydrogens (tertiary/aromatic N) is 1. The van der Waals surface area contributed by atoms with Gasteiger partial charge >= 0.3 is 0 Å². The van der Waals surface area contributed by atoms with Crippen molar-refractivity contribution in [2.24, 2.45) is 5.73 Å². The summed E-state index contributed by atoms with van der Waals surface area (Å²) in [5.74, 6) is 1.22. The molecule has 1 unspecified atom stereocenters. The Morgan fingerprint density at radius 2 is 2.29 bits per heavy atom. The molecular weight excluding hydrogens is 248 g/mol. The van der Waals surface area contributed by atoms with E-state index in [0.717, 1.165) is 13.1 Å². The zero-order valence-electron chi connectivity index (χ0n) is 10.7. The van der Waals surface area contributed by atoms with Gasteiger partial charge in [-0.25, -0.2) is 0 Å². The minimum absolute atomic E-state index is 0.420. The van der Waals surface area contributed by atoms with Gasteiger partial charge in [-0.05, 0) is 17.9 Å². The molecule has 1 atom stereocenters. The van der Waals surface area contributed by atoms with Crippen LogP contribution in [0, 0.1) is 0 Å². The van der Waals surface area contributed by atoms with Crippen LogP contribution in [-0.2, 0) is 0 Å². The molecule has 0 aliphatic carbocycles. The second kappa shape index (κ2) is 5.74. The molecule has 1 fully saturated rings. The van der Waals surface area contributed by atoms with Gasteiger partial charge in [0, 0.05) is 35.0 Å². The number of rotatable bonds is 3. The quantitative estimate of drug-likeness (QED) is 0.915. The van der Waals surface area contributed by atoms with E-state index in [1.54, 1.807) is 0 Å². The van der Waals surface area contributed by atoms with Crippen LogP contribution in [0.4, 0.5) is 0 Å². The van der Waals surface area contributed by atoms with Crippen molar-refractivity contribution in [3.63, 3.8) is 0 Å². The summed E-state index contributed by atoms with van der Waals surface area (Å²) >= 11 is 3.92. The maximum absolute atomic E-state index is 5.97. The summed E-state index contributed by atoms with van der Waals surface area (Å²) < 4.78 is 0.420. The summed E-state index contributed by atoms with van der Waals surface area (Å²) in [6.07, 6.45) is 1.25. The Morgan fingerprint density at radius 3 is 2.94 bits per heavy atom. The molecule has 1 aromatic rings. The summed E-state index contributed by atoms with van der Waals surface area (Å²) in [7, 11) is 0. The van der Waals surface area contributed by atoms with Crippen LogP contribution in [0.3, 0.4) is 0 Å². The highest BCUT2D eigenvalue weighted by Crippen LogP contribution is 2.34. The maximum Gasteiger partial charge on any atom is 0.0564 e. The van der Waals surface area contributed by atoms with Crippen LogP contribution in [0.2, 0.25) is 0 Å². The first-order chi connectivity index (χ1) is 8.12. The second-order valence-electron chi connectivity index (χ2n) is 5.16. The average molecular weight is 270 g/mol. The number of hydrogen-bond acceptors (Lipinski definition) is 4. The molecule has 0 saturated carbocycles. The zero-order chi connectivity index (χ0) is 12.3. The van der Waals surface area contributed by atoms with E-state index < -0.39 is 0 Å². The molecule has 0 bridgehead atoms. The summed E-state index contributed by atoms with van der Waals surface area (Å²) in [6, 6.07) is 4.76. The first-order valence-corrected chi connectivity index (χ1v) is 8.10. The molecule has 2 N–H and O–H groups in total. The molecule has 4 heteroatoms. The van der Waals surface area contributed by atoms with Crippen LogP contribution >= 0.6 is 23.1 Å². The van der Waals surface area contributed by atoms with Crippen LogP contribution in [0.1, 0.15) is 31.2 Å². The number of thiophene rings is 1. The van der Waals surface area contributed by atoms with E-state index in [1.165, 1.54) is 23.6 Å². The molecule has 17 heavy (non-hydrogen) atoms. The molecular formula is C13H22N2S2. The molecule has 0 radical (unpaired) electrons. The molecule has 0 spiro atoms.